The summed E-state index contributed by atoms with van der Waals surface area (Å²) in [7, 11) is 1.49. The Morgan fingerprint density at radius 3 is 2.71 bits per heavy atom. The number of carboxylic acids is 1. The predicted molar refractivity (Wildman–Crippen MR) is 52.3 cm³/mol. The topological polar surface area (TPSA) is 72.5 Å². The van der Waals surface area contributed by atoms with Gasteiger partial charge in [0.15, 0.2) is 0 Å². The summed E-state index contributed by atoms with van der Waals surface area (Å²) < 4.78 is 5.05. The lowest BCUT2D eigenvalue weighted by Crippen LogP contribution is -2.22. The third-order valence-corrected chi connectivity index (χ3v) is 2.08. The molecular formula is C10H13NO3. The van der Waals surface area contributed by atoms with Crippen molar-refractivity contribution >= 4 is 5.97 Å². The number of carbonyl (C=O) groups is 1. The highest BCUT2D eigenvalue weighted by Gasteiger charge is 2.20. The second kappa shape index (κ2) is 4.11. The number of hydrogen-bond donors (Lipinski definition) is 2. The lowest BCUT2D eigenvalue weighted by atomic mass is 10.0. The Kier molecular flexibility index (Phi) is 3.09. The Bertz CT molecular complexity index is 349. The number of methoxy groups -OCH3 is 1. The van der Waals surface area contributed by atoms with E-state index in [1.807, 2.05) is 0 Å². The first-order chi connectivity index (χ1) is 6.57. The minimum absolute atomic E-state index is 0.514. The number of aryl methyl sites for hydroxylation is 1. The van der Waals surface area contributed by atoms with Crippen LogP contribution in [0.3, 0.4) is 0 Å². The zero-order chi connectivity index (χ0) is 10.7. The first kappa shape index (κ1) is 10.5. The van der Waals surface area contributed by atoms with Crippen LogP contribution in [0.25, 0.3) is 0 Å². The van der Waals surface area contributed by atoms with Crippen LogP contribution in [0.15, 0.2) is 18.2 Å². The average molecular weight is 195 g/mol. The van der Waals surface area contributed by atoms with E-state index in [1.165, 1.54) is 7.11 Å². The molecule has 0 radical (unpaired) electrons. The Labute approximate surface area is 82.3 Å². The van der Waals surface area contributed by atoms with Gasteiger partial charge in [-0.05, 0) is 18.6 Å². The van der Waals surface area contributed by atoms with Crippen molar-refractivity contribution in [3.63, 3.8) is 0 Å². The number of ether oxygens (including phenoxy) is 1. The van der Waals surface area contributed by atoms with Gasteiger partial charge in [-0.25, -0.2) is 0 Å². The zero-order valence-electron chi connectivity index (χ0n) is 8.15. The number of aliphatic carboxylic acids is 1. The summed E-state index contributed by atoms with van der Waals surface area (Å²) in [5, 5.41) is 8.80. The molecule has 0 fully saturated rings. The van der Waals surface area contributed by atoms with Crippen LogP contribution < -0.4 is 10.5 Å². The first-order valence-electron chi connectivity index (χ1n) is 4.19. The van der Waals surface area contributed by atoms with Crippen LogP contribution in [0.5, 0.6) is 5.75 Å². The van der Waals surface area contributed by atoms with Crippen molar-refractivity contribution < 1.29 is 14.6 Å². The molecule has 0 aliphatic carbocycles. The molecule has 1 unspecified atom stereocenters. The van der Waals surface area contributed by atoms with Gasteiger partial charge in [0.05, 0.1) is 7.11 Å². The van der Waals surface area contributed by atoms with Crippen LogP contribution in [-0.4, -0.2) is 18.2 Å². The minimum Gasteiger partial charge on any atom is -0.496 e. The molecule has 0 bridgehead atoms. The highest BCUT2D eigenvalue weighted by Crippen LogP contribution is 2.26. The molecule has 0 saturated heterocycles. The lowest BCUT2D eigenvalue weighted by molar-refractivity contribution is -0.138. The summed E-state index contributed by atoms with van der Waals surface area (Å²) in [6.45, 7) is 1.81. The normalized spacial score (nSPS) is 12.2. The molecule has 0 aliphatic rings. The fraction of sp³-hybridized carbons (Fsp3) is 0.300. The number of carboxylic acid groups (broad SMARTS) is 1. The predicted octanol–water partition coefficient (Wildman–Crippen LogP) is 1.09. The van der Waals surface area contributed by atoms with Crippen LogP contribution in [0.4, 0.5) is 0 Å². The molecule has 14 heavy (non-hydrogen) atoms. The van der Waals surface area contributed by atoms with Gasteiger partial charge in [-0.15, -0.1) is 0 Å². The molecule has 1 aromatic carbocycles. The van der Waals surface area contributed by atoms with E-state index in [2.05, 4.69) is 0 Å². The Balaban J connectivity index is 3.23. The second-order valence-electron chi connectivity index (χ2n) is 3.01. The smallest absolute Gasteiger partial charge is 0.325 e. The van der Waals surface area contributed by atoms with Gasteiger partial charge in [0.25, 0.3) is 0 Å². The maximum atomic E-state index is 10.7. The minimum atomic E-state index is -1.06. The maximum absolute atomic E-state index is 10.7. The second-order valence-corrected chi connectivity index (χ2v) is 3.01. The van der Waals surface area contributed by atoms with E-state index >= 15 is 0 Å². The van der Waals surface area contributed by atoms with E-state index in [4.69, 9.17) is 15.6 Å². The highest BCUT2D eigenvalue weighted by molar-refractivity contribution is 5.77. The summed E-state index contributed by atoms with van der Waals surface area (Å²) in [6.07, 6.45) is 0. The molecule has 0 amide bonds. The first-order valence-corrected chi connectivity index (χ1v) is 4.19. The molecule has 4 heteroatoms. The van der Waals surface area contributed by atoms with Gasteiger partial charge in [-0.1, -0.05) is 12.1 Å². The van der Waals surface area contributed by atoms with Crippen molar-refractivity contribution in [1.82, 2.24) is 0 Å². The molecule has 4 nitrogen and oxygen atoms in total. The van der Waals surface area contributed by atoms with Gasteiger partial charge in [-0.2, -0.15) is 0 Å². The van der Waals surface area contributed by atoms with E-state index in [-0.39, 0.29) is 0 Å². The molecule has 0 saturated carbocycles. The van der Waals surface area contributed by atoms with E-state index in [9.17, 15) is 4.79 Å². The maximum Gasteiger partial charge on any atom is 0.325 e. The van der Waals surface area contributed by atoms with Gasteiger partial charge in [0.2, 0.25) is 0 Å². The standard InChI is InChI=1S/C10H13NO3/c1-6-4-3-5-7(14-2)8(6)9(11)10(12)13/h3-5,9H,11H2,1-2H3,(H,12,13). The summed E-state index contributed by atoms with van der Waals surface area (Å²) in [6, 6.07) is 4.27. The van der Waals surface area contributed by atoms with Crippen molar-refractivity contribution in [2.75, 3.05) is 7.11 Å². The van der Waals surface area contributed by atoms with Crippen molar-refractivity contribution in [3.8, 4) is 5.75 Å². The fourth-order valence-electron chi connectivity index (χ4n) is 1.35. The van der Waals surface area contributed by atoms with E-state index in [1.54, 1.807) is 25.1 Å². The molecule has 0 aliphatic heterocycles. The molecule has 0 spiro atoms. The van der Waals surface area contributed by atoms with Gasteiger partial charge < -0.3 is 15.6 Å². The fourth-order valence-corrected chi connectivity index (χ4v) is 1.35. The number of hydrogen-bond acceptors (Lipinski definition) is 3. The van der Waals surface area contributed by atoms with Gasteiger partial charge in [-0.3, -0.25) is 4.79 Å². The number of nitrogens with two attached hydrogens (primary N) is 1. The van der Waals surface area contributed by atoms with Crippen LogP contribution in [0.2, 0.25) is 0 Å². The van der Waals surface area contributed by atoms with Crippen molar-refractivity contribution in [2.45, 2.75) is 13.0 Å². The van der Waals surface area contributed by atoms with Crippen LogP contribution >= 0.6 is 0 Å². The van der Waals surface area contributed by atoms with E-state index in [0.29, 0.717) is 11.3 Å². The quantitative estimate of drug-likeness (QED) is 0.757. The molecule has 76 valence electrons. The van der Waals surface area contributed by atoms with Gasteiger partial charge in [0, 0.05) is 5.56 Å². The molecule has 1 rings (SSSR count). The summed E-state index contributed by atoms with van der Waals surface area (Å²) in [5.41, 5.74) is 6.88. The molecular weight excluding hydrogens is 182 g/mol. The van der Waals surface area contributed by atoms with Crippen molar-refractivity contribution in [3.05, 3.63) is 29.3 Å². The Hall–Kier alpha value is -1.55. The van der Waals surface area contributed by atoms with Gasteiger partial charge >= 0.3 is 5.97 Å². The van der Waals surface area contributed by atoms with Crippen molar-refractivity contribution in [1.29, 1.82) is 0 Å². The van der Waals surface area contributed by atoms with Gasteiger partial charge in [0.1, 0.15) is 11.8 Å². The Morgan fingerprint density at radius 2 is 2.21 bits per heavy atom. The van der Waals surface area contributed by atoms with Crippen LogP contribution in [0, 0.1) is 6.92 Å². The molecule has 3 N–H and O–H groups in total. The molecule has 1 aromatic rings. The summed E-state index contributed by atoms with van der Waals surface area (Å²) in [5.74, 6) is -0.544. The number of benzene rings is 1. The SMILES string of the molecule is COc1cccc(C)c1C(N)C(=O)O. The summed E-state index contributed by atoms with van der Waals surface area (Å²) in [4.78, 5) is 10.7. The molecule has 1 atom stereocenters. The molecule has 0 heterocycles. The molecule has 0 aromatic heterocycles. The third-order valence-electron chi connectivity index (χ3n) is 2.08. The van der Waals surface area contributed by atoms with E-state index < -0.39 is 12.0 Å². The monoisotopic (exact) mass is 195 g/mol. The van der Waals surface area contributed by atoms with Crippen LogP contribution in [-0.2, 0) is 4.79 Å². The van der Waals surface area contributed by atoms with E-state index in [0.717, 1.165) is 5.56 Å². The van der Waals surface area contributed by atoms with Crippen molar-refractivity contribution in [2.24, 2.45) is 5.73 Å². The third kappa shape index (κ3) is 1.85. The zero-order valence-corrected chi connectivity index (χ0v) is 8.15. The Morgan fingerprint density at radius 1 is 1.57 bits per heavy atom. The highest BCUT2D eigenvalue weighted by atomic mass is 16.5. The number of rotatable bonds is 3. The summed E-state index contributed by atoms with van der Waals surface area (Å²) >= 11 is 0. The van der Waals surface area contributed by atoms with Crippen LogP contribution in [0.1, 0.15) is 17.2 Å². The average Bonchev–Trinajstić information content (AvgIpc) is 2.16. The lowest BCUT2D eigenvalue weighted by Gasteiger charge is -2.14. The largest absolute Gasteiger partial charge is 0.496 e.